The third kappa shape index (κ3) is 3.60. The zero-order valence-electron chi connectivity index (χ0n) is 18.3. The summed E-state index contributed by atoms with van der Waals surface area (Å²) in [5.41, 5.74) is 4.17. The Hall–Kier alpha value is -3.38. The van der Waals surface area contributed by atoms with Gasteiger partial charge in [0.15, 0.2) is 5.16 Å². The molecule has 5 nitrogen and oxygen atoms in total. The number of nitrogens with zero attached hydrogens (tertiary/aromatic N) is 4. The summed E-state index contributed by atoms with van der Waals surface area (Å²) in [5, 5.41) is 10.3. The van der Waals surface area contributed by atoms with Gasteiger partial charge in [0.1, 0.15) is 0 Å². The average molecular weight is 441 g/mol. The number of para-hydroxylation sites is 2. The van der Waals surface area contributed by atoms with Gasteiger partial charge in [-0.3, -0.25) is 9.20 Å². The van der Waals surface area contributed by atoms with Crippen molar-refractivity contribution in [2.75, 3.05) is 0 Å². The second kappa shape index (κ2) is 7.95. The van der Waals surface area contributed by atoms with Crippen molar-refractivity contribution in [3.8, 4) is 5.69 Å². The van der Waals surface area contributed by atoms with Crippen LogP contribution in [0.1, 0.15) is 31.9 Å². The molecule has 3 aromatic carbocycles. The molecule has 0 radical (unpaired) electrons. The van der Waals surface area contributed by atoms with Crippen molar-refractivity contribution in [1.82, 2.24) is 19.2 Å². The van der Waals surface area contributed by atoms with E-state index in [0.717, 1.165) is 22.1 Å². The van der Waals surface area contributed by atoms with E-state index in [9.17, 15) is 4.79 Å². The number of rotatable bonds is 4. The minimum Gasteiger partial charge on any atom is -0.268 e. The lowest BCUT2D eigenvalue weighted by Gasteiger charge is -2.19. The number of hydrogen-bond donors (Lipinski definition) is 0. The van der Waals surface area contributed by atoms with Gasteiger partial charge in [0.25, 0.3) is 5.56 Å². The van der Waals surface area contributed by atoms with Gasteiger partial charge in [-0.2, -0.15) is 0 Å². The molecule has 0 amide bonds. The Labute approximate surface area is 190 Å². The van der Waals surface area contributed by atoms with Gasteiger partial charge in [-0.25, -0.2) is 4.57 Å². The van der Waals surface area contributed by atoms with Crippen LogP contribution in [0.5, 0.6) is 0 Å². The number of fused-ring (bicyclic) bond motifs is 3. The molecule has 160 valence electrons. The first kappa shape index (κ1) is 20.5. The first-order valence-corrected chi connectivity index (χ1v) is 11.6. The van der Waals surface area contributed by atoms with Crippen LogP contribution in [0.3, 0.4) is 0 Å². The fraction of sp³-hybridized carbons (Fsp3) is 0.192. The van der Waals surface area contributed by atoms with E-state index in [1.807, 2.05) is 59.0 Å². The molecule has 0 fully saturated rings. The fourth-order valence-corrected chi connectivity index (χ4v) is 4.73. The van der Waals surface area contributed by atoms with Crippen molar-refractivity contribution in [1.29, 1.82) is 0 Å². The van der Waals surface area contributed by atoms with E-state index in [2.05, 4.69) is 55.2 Å². The van der Waals surface area contributed by atoms with Gasteiger partial charge < -0.3 is 0 Å². The lowest BCUT2D eigenvalue weighted by atomic mass is 9.87. The first-order chi connectivity index (χ1) is 15.4. The normalized spacial score (nSPS) is 12.0. The molecule has 32 heavy (non-hydrogen) atoms. The summed E-state index contributed by atoms with van der Waals surface area (Å²) in [7, 11) is 0. The van der Waals surface area contributed by atoms with Crippen LogP contribution >= 0.6 is 11.8 Å². The van der Waals surface area contributed by atoms with Crippen molar-refractivity contribution in [3.05, 3.63) is 100 Å². The molecule has 0 saturated heterocycles. The Morgan fingerprint density at radius 2 is 1.53 bits per heavy atom. The smallest absolute Gasteiger partial charge is 0.267 e. The summed E-state index contributed by atoms with van der Waals surface area (Å²) in [6.45, 7) is 6.66. The third-order valence-corrected chi connectivity index (χ3v) is 6.60. The first-order valence-electron chi connectivity index (χ1n) is 10.6. The molecule has 0 spiro atoms. The largest absolute Gasteiger partial charge is 0.268 e. The van der Waals surface area contributed by atoms with Crippen LogP contribution in [0, 0.1) is 0 Å². The SMILES string of the molecule is CC(C)(C)c1ccc(CSc2nnc3n(-c4ccccc4)c(=O)c4ccccc4n23)cc1. The van der Waals surface area contributed by atoms with E-state index in [0.29, 0.717) is 11.2 Å². The molecular weight excluding hydrogens is 416 g/mol. The second-order valence-corrected chi connectivity index (χ2v) is 9.79. The van der Waals surface area contributed by atoms with Gasteiger partial charge in [0, 0.05) is 5.75 Å². The minimum atomic E-state index is -0.0963. The molecular formula is C26H24N4OS. The van der Waals surface area contributed by atoms with Crippen molar-refractivity contribution >= 4 is 28.4 Å². The molecule has 0 unspecified atom stereocenters. The monoisotopic (exact) mass is 440 g/mol. The molecule has 5 aromatic rings. The molecule has 5 rings (SSSR count). The van der Waals surface area contributed by atoms with Crippen molar-refractivity contribution in [2.24, 2.45) is 0 Å². The molecule has 0 N–H and O–H groups in total. The van der Waals surface area contributed by atoms with Gasteiger partial charge in [-0.15, -0.1) is 10.2 Å². The maximum atomic E-state index is 13.3. The van der Waals surface area contributed by atoms with E-state index < -0.39 is 0 Å². The van der Waals surface area contributed by atoms with Gasteiger partial charge >= 0.3 is 0 Å². The summed E-state index contributed by atoms with van der Waals surface area (Å²) in [6.07, 6.45) is 0. The van der Waals surface area contributed by atoms with Gasteiger partial charge in [-0.1, -0.05) is 87.1 Å². The predicted molar refractivity (Wildman–Crippen MR) is 131 cm³/mol. The van der Waals surface area contributed by atoms with E-state index in [-0.39, 0.29) is 11.0 Å². The van der Waals surface area contributed by atoms with Gasteiger partial charge in [-0.05, 0) is 40.8 Å². The Bertz CT molecular complexity index is 1460. The quantitative estimate of drug-likeness (QED) is 0.340. The summed E-state index contributed by atoms with van der Waals surface area (Å²) in [5.74, 6) is 1.29. The van der Waals surface area contributed by atoms with E-state index >= 15 is 0 Å². The van der Waals surface area contributed by atoms with Crippen LogP contribution in [0.4, 0.5) is 0 Å². The molecule has 2 aromatic heterocycles. The standard InChI is InChI=1S/C26H24N4OS/c1-26(2,3)19-15-13-18(14-16-19)17-32-25-28-27-24-29(20-9-5-4-6-10-20)23(31)21-11-7-8-12-22(21)30(24)25/h4-16H,17H2,1-3H3. The Morgan fingerprint density at radius 1 is 0.844 bits per heavy atom. The topological polar surface area (TPSA) is 52.2 Å². The van der Waals surface area contributed by atoms with E-state index in [1.54, 1.807) is 16.3 Å². The molecule has 0 aliphatic heterocycles. The lowest BCUT2D eigenvalue weighted by molar-refractivity contribution is 0.590. The Kier molecular flexibility index (Phi) is 5.10. The van der Waals surface area contributed by atoms with Crippen LogP contribution in [-0.4, -0.2) is 19.2 Å². The molecule has 0 aliphatic rings. The maximum Gasteiger partial charge on any atom is 0.267 e. The molecule has 0 saturated carbocycles. The molecule has 0 atom stereocenters. The van der Waals surface area contributed by atoms with Gasteiger partial charge in [0.05, 0.1) is 16.6 Å². The van der Waals surface area contributed by atoms with Crippen LogP contribution in [0.25, 0.3) is 22.4 Å². The van der Waals surface area contributed by atoms with Crippen molar-refractivity contribution < 1.29 is 0 Å². The molecule has 2 heterocycles. The molecule has 0 bridgehead atoms. The van der Waals surface area contributed by atoms with Gasteiger partial charge in [0.2, 0.25) is 5.78 Å². The zero-order chi connectivity index (χ0) is 22.3. The van der Waals surface area contributed by atoms with Crippen LogP contribution in [-0.2, 0) is 11.2 Å². The number of aromatic nitrogens is 4. The minimum absolute atomic E-state index is 0.0963. The van der Waals surface area contributed by atoms with Crippen LogP contribution < -0.4 is 5.56 Å². The zero-order valence-corrected chi connectivity index (χ0v) is 19.1. The number of benzene rings is 3. The summed E-state index contributed by atoms with van der Waals surface area (Å²) < 4.78 is 3.62. The molecule has 6 heteroatoms. The van der Waals surface area contributed by atoms with Crippen molar-refractivity contribution in [3.63, 3.8) is 0 Å². The second-order valence-electron chi connectivity index (χ2n) is 8.85. The van der Waals surface area contributed by atoms with Crippen molar-refractivity contribution in [2.45, 2.75) is 37.1 Å². The third-order valence-electron chi connectivity index (χ3n) is 5.60. The van der Waals surface area contributed by atoms with E-state index in [1.165, 1.54) is 11.1 Å². The highest BCUT2D eigenvalue weighted by Gasteiger charge is 2.18. The number of thioether (sulfide) groups is 1. The highest BCUT2D eigenvalue weighted by molar-refractivity contribution is 7.98. The maximum absolute atomic E-state index is 13.3. The highest BCUT2D eigenvalue weighted by Crippen LogP contribution is 2.27. The summed E-state index contributed by atoms with van der Waals surface area (Å²) in [6, 6.07) is 26.0. The highest BCUT2D eigenvalue weighted by atomic mass is 32.2. The number of hydrogen-bond acceptors (Lipinski definition) is 4. The molecule has 0 aliphatic carbocycles. The summed E-state index contributed by atoms with van der Waals surface area (Å²) >= 11 is 1.62. The van der Waals surface area contributed by atoms with Crippen LogP contribution in [0.15, 0.2) is 88.8 Å². The fourth-order valence-electron chi connectivity index (χ4n) is 3.83. The predicted octanol–water partition coefficient (Wildman–Crippen LogP) is 5.62. The lowest BCUT2D eigenvalue weighted by Crippen LogP contribution is -2.21. The van der Waals surface area contributed by atoms with E-state index in [4.69, 9.17) is 0 Å². The average Bonchev–Trinajstić information content (AvgIpc) is 3.22. The Morgan fingerprint density at radius 3 is 2.25 bits per heavy atom. The Balaban J connectivity index is 1.59. The summed E-state index contributed by atoms with van der Waals surface area (Å²) in [4.78, 5) is 13.3. The van der Waals surface area contributed by atoms with Crippen LogP contribution in [0.2, 0.25) is 0 Å².